The van der Waals surface area contributed by atoms with Gasteiger partial charge < -0.3 is 26.4 Å². The monoisotopic (exact) mass is 354 g/mol. The molecule has 0 radical (unpaired) electrons. The number of benzene rings is 1. The molecule has 2 unspecified atom stereocenters. The third-order valence-corrected chi connectivity index (χ3v) is 5.41. The summed E-state index contributed by atoms with van der Waals surface area (Å²) in [5, 5.41) is 0. The molecule has 0 aliphatic carbocycles. The van der Waals surface area contributed by atoms with E-state index in [4.69, 9.17) is 9.47 Å². The number of morpholine rings is 1. The van der Waals surface area contributed by atoms with E-state index in [1.807, 2.05) is 0 Å². The van der Waals surface area contributed by atoms with Crippen LogP contribution in [0, 0.1) is 0 Å². The Morgan fingerprint density at radius 3 is 2.21 bits per heavy atom. The summed E-state index contributed by atoms with van der Waals surface area (Å²) in [5.41, 5.74) is 1.40. The molecule has 3 rings (SSSR count). The summed E-state index contributed by atoms with van der Waals surface area (Å²) in [6.07, 6.45) is 1.94. The zero-order valence-electron chi connectivity index (χ0n) is 15.2. The normalized spacial score (nSPS) is 26.8. The van der Waals surface area contributed by atoms with Crippen molar-refractivity contribution in [1.82, 2.24) is 4.90 Å². The van der Waals surface area contributed by atoms with Gasteiger partial charge in [-0.15, -0.1) is 0 Å². The number of hydrogen-bond acceptors (Lipinski definition) is 3. The molecule has 0 N–H and O–H groups in total. The summed E-state index contributed by atoms with van der Waals surface area (Å²) in [4.78, 5) is 2.62. The number of methoxy groups -OCH3 is 1. The van der Waals surface area contributed by atoms with Crippen LogP contribution in [0.2, 0.25) is 0 Å². The van der Waals surface area contributed by atoms with Gasteiger partial charge in [0.2, 0.25) is 0 Å². The summed E-state index contributed by atoms with van der Waals surface area (Å²) >= 11 is 0. The maximum atomic E-state index is 5.93. The minimum atomic E-state index is 0. The fourth-order valence-electron chi connectivity index (χ4n) is 4.25. The van der Waals surface area contributed by atoms with Gasteiger partial charge in [-0.25, -0.2) is 0 Å². The molecule has 1 spiro atoms. The van der Waals surface area contributed by atoms with Crippen molar-refractivity contribution < 1.29 is 26.4 Å². The molecule has 2 saturated heterocycles. The third-order valence-electron chi connectivity index (χ3n) is 5.41. The minimum Gasteiger partial charge on any atom is -1.00 e. The van der Waals surface area contributed by atoms with E-state index >= 15 is 0 Å². The Morgan fingerprint density at radius 1 is 1.08 bits per heavy atom. The Labute approximate surface area is 152 Å². The van der Waals surface area contributed by atoms with Crippen molar-refractivity contribution in [3.63, 3.8) is 0 Å². The lowest BCUT2D eigenvalue weighted by Gasteiger charge is -2.50. The summed E-state index contributed by atoms with van der Waals surface area (Å²) in [7, 11) is 1.72. The molecule has 0 aromatic heterocycles. The van der Waals surface area contributed by atoms with E-state index in [0.29, 0.717) is 12.2 Å². The molecule has 2 aliphatic heterocycles. The third kappa shape index (κ3) is 4.85. The number of ether oxygens (including phenoxy) is 2. The average molecular weight is 355 g/mol. The van der Waals surface area contributed by atoms with E-state index in [1.54, 1.807) is 7.11 Å². The van der Waals surface area contributed by atoms with Crippen molar-refractivity contribution >= 4 is 0 Å². The first kappa shape index (κ1) is 19.5. The lowest BCUT2D eigenvalue weighted by molar-refractivity contribution is -0.945. The van der Waals surface area contributed by atoms with Crippen LogP contribution in [0.3, 0.4) is 0 Å². The van der Waals surface area contributed by atoms with Gasteiger partial charge >= 0.3 is 0 Å². The predicted octanol–water partition coefficient (Wildman–Crippen LogP) is -0.819. The smallest absolute Gasteiger partial charge is 0.118 e. The molecule has 2 atom stereocenters. The van der Waals surface area contributed by atoms with E-state index in [2.05, 4.69) is 43.0 Å². The van der Waals surface area contributed by atoms with E-state index in [0.717, 1.165) is 18.7 Å². The van der Waals surface area contributed by atoms with Gasteiger partial charge in [-0.2, -0.15) is 0 Å². The van der Waals surface area contributed by atoms with Crippen LogP contribution in [-0.2, 0) is 11.2 Å². The largest absolute Gasteiger partial charge is 1.00 e. The number of nitrogens with zero attached hydrogens (tertiary/aromatic N) is 2. The lowest BCUT2D eigenvalue weighted by Crippen LogP contribution is -3.00. The number of rotatable bonds is 4. The first-order valence-corrected chi connectivity index (χ1v) is 8.94. The van der Waals surface area contributed by atoms with Crippen LogP contribution in [0.15, 0.2) is 24.3 Å². The summed E-state index contributed by atoms with van der Waals surface area (Å²) < 4.78 is 12.4. The molecular formula is C19H31ClN2O2. The molecule has 136 valence electrons. The fraction of sp³-hybridized carbons (Fsp3) is 0.684. The number of quaternary nitrogens is 1. The lowest BCUT2D eigenvalue weighted by atomic mass is 10.1. The number of halogens is 1. The highest BCUT2D eigenvalue weighted by molar-refractivity contribution is 5.27. The SMILES string of the molecule is COc1ccc(CCN2CC[N+]3(CC2)CC(C)OC(C)C3)cc1.[Cl-]. The van der Waals surface area contributed by atoms with Crippen molar-refractivity contribution in [1.29, 1.82) is 0 Å². The Balaban J connectivity index is 0.00000208. The van der Waals surface area contributed by atoms with Crippen LogP contribution in [0.1, 0.15) is 19.4 Å². The zero-order chi connectivity index (χ0) is 16.3. The van der Waals surface area contributed by atoms with Crippen molar-refractivity contribution in [3.05, 3.63) is 29.8 Å². The van der Waals surface area contributed by atoms with Gasteiger partial charge in [0.15, 0.2) is 0 Å². The topological polar surface area (TPSA) is 21.7 Å². The van der Waals surface area contributed by atoms with Gasteiger partial charge in [0.25, 0.3) is 0 Å². The Kier molecular flexibility index (Phi) is 6.93. The van der Waals surface area contributed by atoms with Crippen molar-refractivity contribution in [2.24, 2.45) is 0 Å². The molecule has 5 heteroatoms. The van der Waals surface area contributed by atoms with Gasteiger partial charge in [0.05, 0.1) is 20.2 Å². The summed E-state index contributed by atoms with van der Waals surface area (Å²) in [6.45, 7) is 13.0. The van der Waals surface area contributed by atoms with Gasteiger partial charge in [0, 0.05) is 19.6 Å². The molecule has 0 bridgehead atoms. The molecule has 2 heterocycles. The van der Waals surface area contributed by atoms with Crippen LogP contribution >= 0.6 is 0 Å². The van der Waals surface area contributed by atoms with Crippen LogP contribution in [0.5, 0.6) is 5.75 Å². The van der Waals surface area contributed by atoms with Gasteiger partial charge in [0.1, 0.15) is 31.0 Å². The second kappa shape index (κ2) is 8.52. The second-order valence-electron chi connectivity index (χ2n) is 7.35. The van der Waals surface area contributed by atoms with Gasteiger partial charge in [-0.05, 0) is 38.0 Å². The van der Waals surface area contributed by atoms with Crippen LogP contribution in [0.4, 0.5) is 0 Å². The van der Waals surface area contributed by atoms with Crippen molar-refractivity contribution in [3.8, 4) is 5.75 Å². The quantitative estimate of drug-likeness (QED) is 0.660. The second-order valence-corrected chi connectivity index (χ2v) is 7.35. The molecule has 4 nitrogen and oxygen atoms in total. The highest BCUT2D eigenvalue weighted by Gasteiger charge is 2.39. The van der Waals surface area contributed by atoms with E-state index in [9.17, 15) is 0 Å². The highest BCUT2D eigenvalue weighted by Crippen LogP contribution is 2.22. The highest BCUT2D eigenvalue weighted by atomic mass is 35.5. The molecule has 0 amide bonds. The van der Waals surface area contributed by atoms with E-state index in [1.165, 1.54) is 49.3 Å². The fourth-order valence-corrected chi connectivity index (χ4v) is 4.25. The molecule has 0 saturated carbocycles. The number of hydrogen-bond donors (Lipinski definition) is 0. The maximum absolute atomic E-state index is 5.93. The predicted molar refractivity (Wildman–Crippen MR) is 92.9 cm³/mol. The van der Waals surface area contributed by atoms with E-state index in [-0.39, 0.29) is 12.4 Å². The maximum Gasteiger partial charge on any atom is 0.118 e. The minimum absolute atomic E-state index is 0. The molecular weight excluding hydrogens is 324 g/mol. The Bertz CT molecular complexity index is 489. The zero-order valence-corrected chi connectivity index (χ0v) is 16.0. The van der Waals surface area contributed by atoms with Crippen molar-refractivity contribution in [2.45, 2.75) is 32.5 Å². The molecule has 24 heavy (non-hydrogen) atoms. The Morgan fingerprint density at radius 2 is 1.67 bits per heavy atom. The summed E-state index contributed by atoms with van der Waals surface area (Å²) in [5.74, 6) is 0.939. The standard InChI is InChI=1S/C19H31N2O2.ClH/c1-16-14-21(15-17(2)23-16)12-10-20(11-13-21)9-8-18-4-6-19(22-3)7-5-18;/h4-7,16-17H,8-15H2,1-3H3;1H/q+1;/p-1. The molecule has 1 aromatic carbocycles. The first-order chi connectivity index (χ1) is 11.1. The van der Waals surface area contributed by atoms with Gasteiger partial charge in [-0.1, -0.05) is 12.1 Å². The first-order valence-electron chi connectivity index (χ1n) is 8.94. The number of piperazine rings is 1. The molecule has 2 fully saturated rings. The van der Waals surface area contributed by atoms with Gasteiger partial charge in [-0.3, -0.25) is 4.90 Å². The Hall–Kier alpha value is -0.810. The van der Waals surface area contributed by atoms with E-state index < -0.39 is 0 Å². The summed E-state index contributed by atoms with van der Waals surface area (Å²) in [6, 6.07) is 8.48. The van der Waals surface area contributed by atoms with Crippen LogP contribution in [0.25, 0.3) is 0 Å². The van der Waals surface area contributed by atoms with Crippen LogP contribution in [-0.4, -0.2) is 74.5 Å². The average Bonchev–Trinajstić information content (AvgIpc) is 2.54. The van der Waals surface area contributed by atoms with Crippen molar-refractivity contribution in [2.75, 3.05) is 52.9 Å². The molecule has 1 aromatic rings. The van der Waals surface area contributed by atoms with Crippen LogP contribution < -0.4 is 17.1 Å². The molecule has 2 aliphatic rings.